The van der Waals surface area contributed by atoms with E-state index in [0.29, 0.717) is 12.2 Å². The topological polar surface area (TPSA) is 37.3 Å². The van der Waals surface area contributed by atoms with Gasteiger partial charge in [0.25, 0.3) is 0 Å². The van der Waals surface area contributed by atoms with E-state index in [4.69, 9.17) is 0 Å². The molecule has 2 heteroatoms. The van der Waals surface area contributed by atoms with Gasteiger partial charge in [-0.25, -0.2) is 0 Å². The van der Waals surface area contributed by atoms with Crippen LogP contribution in [0.1, 0.15) is 30.4 Å². The van der Waals surface area contributed by atoms with Crippen LogP contribution >= 0.6 is 0 Å². The predicted octanol–water partition coefficient (Wildman–Crippen LogP) is 2.61. The summed E-state index contributed by atoms with van der Waals surface area (Å²) in [6.45, 7) is 1.92. The molecule has 0 amide bonds. The summed E-state index contributed by atoms with van der Waals surface area (Å²) in [5, 5.41) is 9.45. The van der Waals surface area contributed by atoms with Crippen LogP contribution in [0, 0.1) is 6.92 Å². The Balaban J connectivity index is 2.50. The molecule has 1 rings (SSSR count). The fourth-order valence-corrected chi connectivity index (χ4v) is 1.48. The summed E-state index contributed by atoms with van der Waals surface area (Å²) < 4.78 is 0. The van der Waals surface area contributed by atoms with Crippen LogP contribution in [0.3, 0.4) is 0 Å². The highest BCUT2D eigenvalue weighted by Gasteiger charge is 2.01. The van der Waals surface area contributed by atoms with E-state index in [1.807, 2.05) is 19.1 Å². The number of hydrogen-bond acceptors (Lipinski definition) is 2. The maximum absolute atomic E-state index is 10.1. The molecule has 0 saturated heterocycles. The van der Waals surface area contributed by atoms with Gasteiger partial charge in [0.15, 0.2) is 0 Å². The molecule has 0 atom stereocenters. The van der Waals surface area contributed by atoms with Gasteiger partial charge in [-0.05, 0) is 43.4 Å². The van der Waals surface area contributed by atoms with Crippen LogP contribution in [0.5, 0.6) is 5.75 Å². The van der Waals surface area contributed by atoms with Crippen molar-refractivity contribution in [1.29, 1.82) is 0 Å². The Labute approximate surface area is 84.6 Å². The van der Waals surface area contributed by atoms with Crippen molar-refractivity contribution < 1.29 is 9.90 Å². The number of phenolic OH excluding ortho intramolecular Hbond substituents is 1. The molecular weight excluding hydrogens is 176 g/mol. The molecule has 76 valence electrons. The maximum Gasteiger partial charge on any atom is 0.119 e. The van der Waals surface area contributed by atoms with E-state index in [0.717, 1.165) is 31.1 Å². The Hall–Kier alpha value is -1.31. The maximum atomic E-state index is 10.1. The van der Waals surface area contributed by atoms with Crippen LogP contribution in [0.25, 0.3) is 0 Å². The van der Waals surface area contributed by atoms with E-state index < -0.39 is 0 Å². The molecule has 2 nitrogen and oxygen atoms in total. The van der Waals surface area contributed by atoms with Crippen LogP contribution in [0.2, 0.25) is 0 Å². The molecule has 0 aliphatic carbocycles. The molecule has 0 unspecified atom stereocenters. The fourth-order valence-electron chi connectivity index (χ4n) is 1.48. The molecule has 0 heterocycles. The van der Waals surface area contributed by atoms with Crippen molar-refractivity contribution in [2.45, 2.75) is 32.6 Å². The quantitative estimate of drug-likeness (QED) is 0.575. The van der Waals surface area contributed by atoms with Crippen LogP contribution in [0.4, 0.5) is 0 Å². The van der Waals surface area contributed by atoms with Crippen LogP contribution in [-0.4, -0.2) is 11.4 Å². The average molecular weight is 192 g/mol. The van der Waals surface area contributed by atoms with Gasteiger partial charge in [-0.3, -0.25) is 0 Å². The first-order chi connectivity index (χ1) is 6.75. The second kappa shape index (κ2) is 5.43. The molecule has 1 aromatic rings. The van der Waals surface area contributed by atoms with Crippen LogP contribution in [-0.2, 0) is 11.2 Å². The van der Waals surface area contributed by atoms with E-state index in [1.165, 1.54) is 5.56 Å². The smallest absolute Gasteiger partial charge is 0.119 e. The number of aldehydes is 1. The summed E-state index contributed by atoms with van der Waals surface area (Å²) in [5.74, 6) is 0.359. The monoisotopic (exact) mass is 192 g/mol. The summed E-state index contributed by atoms with van der Waals surface area (Å²) in [6.07, 6.45) is 4.46. The molecule has 0 fully saturated rings. The minimum Gasteiger partial charge on any atom is -0.508 e. The molecule has 0 bridgehead atoms. The van der Waals surface area contributed by atoms with E-state index in [1.54, 1.807) is 6.07 Å². The molecule has 0 spiro atoms. The number of carbonyl (C=O) groups is 1. The Bertz CT molecular complexity index is 305. The van der Waals surface area contributed by atoms with Gasteiger partial charge in [0, 0.05) is 6.42 Å². The fraction of sp³-hybridized carbons (Fsp3) is 0.417. The molecule has 0 aliphatic heterocycles. The second-order valence-electron chi connectivity index (χ2n) is 3.47. The molecule has 0 aromatic heterocycles. The van der Waals surface area contributed by atoms with Gasteiger partial charge in [-0.2, -0.15) is 0 Å². The highest BCUT2D eigenvalue weighted by Crippen LogP contribution is 2.20. The third-order valence-electron chi connectivity index (χ3n) is 2.44. The lowest BCUT2D eigenvalue weighted by atomic mass is 10.0. The minimum absolute atomic E-state index is 0.359. The minimum atomic E-state index is 0.359. The standard InChI is InChI=1S/C12H16O2/c1-10-11(6-3-2-4-9-13)7-5-8-12(10)14/h5,7-9,14H,2-4,6H2,1H3. The van der Waals surface area contributed by atoms with E-state index >= 15 is 0 Å². The number of rotatable bonds is 5. The van der Waals surface area contributed by atoms with Gasteiger partial charge in [-0.1, -0.05) is 12.1 Å². The van der Waals surface area contributed by atoms with E-state index in [-0.39, 0.29) is 0 Å². The first kappa shape index (κ1) is 10.8. The van der Waals surface area contributed by atoms with Crippen LogP contribution in [0.15, 0.2) is 18.2 Å². The zero-order valence-corrected chi connectivity index (χ0v) is 8.49. The first-order valence-electron chi connectivity index (χ1n) is 4.97. The van der Waals surface area contributed by atoms with Gasteiger partial charge in [0.1, 0.15) is 12.0 Å². The molecule has 1 N–H and O–H groups in total. The summed E-state index contributed by atoms with van der Waals surface area (Å²) in [4.78, 5) is 10.1. The number of aromatic hydroxyl groups is 1. The van der Waals surface area contributed by atoms with Crippen molar-refractivity contribution in [3.8, 4) is 5.75 Å². The number of benzene rings is 1. The third kappa shape index (κ3) is 2.87. The zero-order chi connectivity index (χ0) is 10.4. The lowest BCUT2D eigenvalue weighted by molar-refractivity contribution is -0.107. The van der Waals surface area contributed by atoms with Gasteiger partial charge in [-0.15, -0.1) is 0 Å². The normalized spacial score (nSPS) is 10.1. The first-order valence-corrected chi connectivity index (χ1v) is 4.97. The SMILES string of the molecule is Cc1c(O)cccc1CCCCC=O. The Morgan fingerprint density at radius 2 is 2.14 bits per heavy atom. The largest absolute Gasteiger partial charge is 0.508 e. The highest BCUT2D eigenvalue weighted by molar-refractivity contribution is 5.49. The summed E-state index contributed by atoms with van der Waals surface area (Å²) in [5.41, 5.74) is 2.13. The van der Waals surface area contributed by atoms with E-state index in [9.17, 15) is 9.90 Å². The molecule has 0 saturated carbocycles. The number of unbranched alkanes of at least 4 members (excludes halogenated alkanes) is 2. The van der Waals surface area contributed by atoms with E-state index in [2.05, 4.69) is 0 Å². The molecule has 0 radical (unpaired) electrons. The van der Waals surface area contributed by atoms with Crippen molar-refractivity contribution in [3.05, 3.63) is 29.3 Å². The predicted molar refractivity (Wildman–Crippen MR) is 56.5 cm³/mol. The van der Waals surface area contributed by atoms with Crippen molar-refractivity contribution in [3.63, 3.8) is 0 Å². The lowest BCUT2D eigenvalue weighted by Crippen LogP contribution is -1.90. The average Bonchev–Trinajstić information content (AvgIpc) is 2.19. The van der Waals surface area contributed by atoms with Gasteiger partial charge in [0.2, 0.25) is 0 Å². The Kier molecular flexibility index (Phi) is 4.17. The summed E-state index contributed by atoms with van der Waals surface area (Å²) >= 11 is 0. The van der Waals surface area contributed by atoms with Crippen LogP contribution < -0.4 is 0 Å². The van der Waals surface area contributed by atoms with Crippen molar-refractivity contribution in [1.82, 2.24) is 0 Å². The van der Waals surface area contributed by atoms with Crippen molar-refractivity contribution >= 4 is 6.29 Å². The number of hydrogen-bond donors (Lipinski definition) is 1. The Morgan fingerprint density at radius 1 is 1.36 bits per heavy atom. The molecule has 1 aromatic carbocycles. The summed E-state index contributed by atoms with van der Waals surface area (Å²) in [6, 6.07) is 5.58. The molecular formula is C12H16O2. The van der Waals surface area contributed by atoms with Gasteiger partial charge >= 0.3 is 0 Å². The number of phenols is 1. The number of aryl methyl sites for hydroxylation is 1. The van der Waals surface area contributed by atoms with Gasteiger partial charge < -0.3 is 9.90 Å². The zero-order valence-electron chi connectivity index (χ0n) is 8.49. The van der Waals surface area contributed by atoms with Crippen molar-refractivity contribution in [2.75, 3.05) is 0 Å². The highest BCUT2D eigenvalue weighted by atomic mass is 16.3. The molecule has 14 heavy (non-hydrogen) atoms. The second-order valence-corrected chi connectivity index (χ2v) is 3.47. The van der Waals surface area contributed by atoms with Crippen molar-refractivity contribution in [2.24, 2.45) is 0 Å². The summed E-state index contributed by atoms with van der Waals surface area (Å²) in [7, 11) is 0. The third-order valence-corrected chi connectivity index (χ3v) is 2.44. The van der Waals surface area contributed by atoms with Gasteiger partial charge in [0.05, 0.1) is 0 Å². The lowest BCUT2D eigenvalue weighted by Gasteiger charge is -2.06. The number of carbonyl (C=O) groups excluding carboxylic acids is 1. The molecule has 0 aliphatic rings. The Morgan fingerprint density at radius 3 is 2.86 bits per heavy atom.